The number of aromatic nitrogens is 4. The minimum atomic E-state index is -0.334. The molecule has 0 spiro atoms. The van der Waals surface area contributed by atoms with Crippen LogP contribution in [0.1, 0.15) is 36.0 Å². The van der Waals surface area contributed by atoms with Crippen LogP contribution in [0.2, 0.25) is 0 Å². The van der Waals surface area contributed by atoms with Crippen molar-refractivity contribution in [3.8, 4) is 0 Å². The average molecular weight is 595 g/mol. The molecule has 9 nitrogen and oxygen atoms in total. The molecule has 0 bridgehead atoms. The normalized spacial score (nSPS) is 19.6. The number of carbonyl (C=O) groups excluding carboxylic acids is 1. The molecule has 0 aliphatic carbocycles. The van der Waals surface area contributed by atoms with Crippen LogP contribution in [0.3, 0.4) is 0 Å². The smallest absolute Gasteiger partial charge is 0.306 e. The van der Waals surface area contributed by atoms with Gasteiger partial charge in [0.1, 0.15) is 0 Å². The number of fused-ring (bicyclic) bond motifs is 2. The van der Waals surface area contributed by atoms with E-state index in [0.717, 1.165) is 63.0 Å². The first-order chi connectivity index (χ1) is 21.5. The van der Waals surface area contributed by atoms with Gasteiger partial charge in [-0.1, -0.05) is 54.6 Å². The van der Waals surface area contributed by atoms with Crippen LogP contribution in [0.4, 0.5) is 0 Å². The van der Waals surface area contributed by atoms with E-state index < -0.39 is 0 Å². The number of imidazole rings is 2. The van der Waals surface area contributed by atoms with Crippen molar-refractivity contribution in [1.29, 1.82) is 0 Å². The van der Waals surface area contributed by atoms with Gasteiger partial charge in [0.05, 0.1) is 28.0 Å². The molecular formula is C35H42N6O3. The van der Waals surface area contributed by atoms with E-state index in [1.165, 1.54) is 29.5 Å². The first-order valence-corrected chi connectivity index (χ1v) is 15.8. The first kappa shape index (κ1) is 29.8. The van der Waals surface area contributed by atoms with Gasteiger partial charge in [0.15, 0.2) is 0 Å². The average Bonchev–Trinajstić information content (AvgIpc) is 3.55. The molecule has 0 saturated carbocycles. The maximum atomic E-state index is 12.6. The largest absolute Gasteiger partial charge is 0.333 e. The van der Waals surface area contributed by atoms with E-state index in [4.69, 9.17) is 0 Å². The summed E-state index contributed by atoms with van der Waals surface area (Å²) in [6, 6.07) is 26.0. The summed E-state index contributed by atoms with van der Waals surface area (Å²) in [5.74, 6) is 0.367. The summed E-state index contributed by atoms with van der Waals surface area (Å²) in [5, 5.41) is 0. The van der Waals surface area contributed by atoms with Crippen molar-refractivity contribution in [2.24, 2.45) is 11.8 Å². The lowest BCUT2D eigenvalue weighted by Crippen LogP contribution is -2.40. The third-order valence-electron chi connectivity index (χ3n) is 9.07. The Morgan fingerprint density at radius 2 is 1.43 bits per heavy atom. The van der Waals surface area contributed by atoms with Gasteiger partial charge in [-0.2, -0.15) is 0 Å². The predicted octanol–water partition coefficient (Wildman–Crippen LogP) is 4.60. The van der Waals surface area contributed by atoms with Gasteiger partial charge in [0.2, 0.25) is 5.91 Å². The molecule has 2 aromatic heterocycles. The zero-order chi connectivity index (χ0) is 30.5. The lowest BCUT2D eigenvalue weighted by atomic mass is 9.97. The van der Waals surface area contributed by atoms with Gasteiger partial charge >= 0.3 is 11.4 Å². The molecule has 0 unspecified atom stereocenters. The third-order valence-corrected chi connectivity index (χ3v) is 9.07. The van der Waals surface area contributed by atoms with Crippen LogP contribution in [-0.2, 0) is 13.0 Å². The Bertz CT molecular complexity index is 1820. The number of benzene rings is 3. The zero-order valence-electron chi connectivity index (χ0n) is 25.5. The van der Waals surface area contributed by atoms with Gasteiger partial charge in [0, 0.05) is 26.2 Å². The second-order valence-electron chi connectivity index (χ2n) is 12.3. The number of hydrogen-bond acceptors (Lipinski definition) is 5. The molecule has 2 saturated heterocycles. The Morgan fingerprint density at radius 1 is 0.773 bits per heavy atom. The molecule has 230 valence electrons. The number of piperidine rings is 2. The quantitative estimate of drug-likeness (QED) is 0.300. The molecule has 9 heteroatoms. The number of likely N-dealkylation sites (tertiary alicyclic amines) is 2. The lowest BCUT2D eigenvalue weighted by Gasteiger charge is -2.32. The summed E-state index contributed by atoms with van der Waals surface area (Å²) in [4.78, 5) is 47.2. The van der Waals surface area contributed by atoms with Crippen molar-refractivity contribution < 1.29 is 4.79 Å². The summed E-state index contributed by atoms with van der Waals surface area (Å²) in [6.45, 7) is 5.91. The number of aromatic amines is 2. The summed E-state index contributed by atoms with van der Waals surface area (Å²) in [6.07, 6.45) is 5.38. The maximum absolute atomic E-state index is 12.6. The van der Waals surface area contributed by atoms with Crippen molar-refractivity contribution >= 4 is 28.0 Å². The Balaban J connectivity index is 0.000000162. The van der Waals surface area contributed by atoms with Crippen LogP contribution in [-0.4, -0.2) is 74.6 Å². The summed E-state index contributed by atoms with van der Waals surface area (Å²) >= 11 is 0. The highest BCUT2D eigenvalue weighted by Gasteiger charge is 2.27. The molecule has 2 fully saturated rings. The topological polar surface area (TPSA) is 99.1 Å². The van der Waals surface area contributed by atoms with Crippen LogP contribution in [0.25, 0.3) is 22.1 Å². The van der Waals surface area contributed by atoms with Crippen molar-refractivity contribution in [1.82, 2.24) is 28.9 Å². The number of nitrogens with one attached hydrogen (secondary N) is 2. The molecule has 0 amide bonds. The minimum Gasteiger partial charge on any atom is -0.306 e. The monoisotopic (exact) mass is 594 g/mol. The van der Waals surface area contributed by atoms with Gasteiger partial charge in [-0.25, -0.2) is 14.2 Å². The zero-order valence-corrected chi connectivity index (χ0v) is 25.5. The molecule has 2 atom stereocenters. The van der Waals surface area contributed by atoms with Gasteiger partial charge in [0.25, 0.3) is 0 Å². The van der Waals surface area contributed by atoms with Crippen LogP contribution in [0.15, 0.2) is 88.5 Å². The summed E-state index contributed by atoms with van der Waals surface area (Å²) in [5.41, 5.74) is 4.42. The van der Waals surface area contributed by atoms with Crippen molar-refractivity contribution in [2.75, 3.05) is 39.8 Å². The molecule has 3 aromatic carbocycles. The second kappa shape index (κ2) is 13.6. The fraction of sp³-hybridized carbons (Fsp3) is 0.400. The van der Waals surface area contributed by atoms with Gasteiger partial charge < -0.3 is 19.8 Å². The van der Waals surface area contributed by atoms with Crippen molar-refractivity contribution in [3.05, 3.63) is 105 Å². The van der Waals surface area contributed by atoms with Crippen LogP contribution in [0.5, 0.6) is 0 Å². The number of para-hydroxylation sites is 4. The van der Waals surface area contributed by atoms with Crippen LogP contribution >= 0.6 is 0 Å². The van der Waals surface area contributed by atoms with Crippen molar-refractivity contribution in [2.45, 2.75) is 38.6 Å². The number of hydrogen-bond donors (Lipinski definition) is 2. The Morgan fingerprint density at radius 3 is 2.20 bits per heavy atom. The highest BCUT2D eigenvalue weighted by atomic mass is 16.2. The number of nitrogens with zero attached hydrogens (tertiary/aromatic N) is 4. The van der Waals surface area contributed by atoms with Gasteiger partial charge in [-0.15, -0.1) is 0 Å². The van der Waals surface area contributed by atoms with Gasteiger partial charge in [-0.05, 0) is 88.0 Å². The van der Waals surface area contributed by atoms with Gasteiger partial charge in [-0.3, -0.25) is 9.36 Å². The number of carbonyl (C=O) groups is 1. The van der Waals surface area contributed by atoms with E-state index in [2.05, 4.69) is 50.1 Å². The van der Waals surface area contributed by atoms with Crippen molar-refractivity contribution in [3.63, 3.8) is 0 Å². The summed E-state index contributed by atoms with van der Waals surface area (Å²) < 4.78 is 3.21. The lowest BCUT2D eigenvalue weighted by molar-refractivity contribution is 0.0756. The second-order valence-corrected chi connectivity index (χ2v) is 12.3. The molecule has 2 aliphatic heterocycles. The molecule has 5 aromatic rings. The van der Waals surface area contributed by atoms with E-state index in [0.29, 0.717) is 17.0 Å². The minimum absolute atomic E-state index is 0.0163. The van der Waals surface area contributed by atoms with E-state index in [1.807, 2.05) is 54.1 Å². The Kier molecular flexibility index (Phi) is 9.23. The number of rotatable bonds is 6. The molecule has 2 aliphatic rings. The van der Waals surface area contributed by atoms with E-state index >= 15 is 0 Å². The Labute approximate surface area is 257 Å². The summed E-state index contributed by atoms with van der Waals surface area (Å²) in [7, 11) is 2.01. The molecule has 2 N–H and O–H groups in total. The molecule has 0 radical (unpaired) electrons. The Hall–Kier alpha value is -4.21. The SMILES string of the molecule is CN1CCC[C@H](C(=O)n2c(=O)[nH]c3ccccc32)C1.O=c1[nH]c2ccccc2n1C[C@H]1CCCN(CCc2ccccc2)C1. The third kappa shape index (κ3) is 6.79. The van der Waals surface area contributed by atoms with E-state index in [9.17, 15) is 14.4 Å². The molecule has 7 rings (SSSR count). The predicted molar refractivity (Wildman–Crippen MR) is 175 cm³/mol. The highest BCUT2D eigenvalue weighted by molar-refractivity contribution is 5.91. The standard InChI is InChI=1S/C21H25N3O.C14H17N3O2/c25-21-22-19-10-4-5-11-20(19)24(21)16-18-9-6-13-23(15-18)14-12-17-7-2-1-3-8-17;1-16-8-4-5-10(9-16)13(18)17-12-7-3-2-6-11(12)15-14(17)19/h1-5,7-8,10-11,18H,6,9,12-16H2,(H,22,25);2-3,6-7,10H,4-5,8-9H2,1H3,(H,15,19)/t18-;10-/m00/s1. The number of H-pyrrole nitrogens is 2. The molecule has 4 heterocycles. The fourth-order valence-corrected chi connectivity index (χ4v) is 6.81. The van der Waals surface area contributed by atoms with Crippen LogP contribution < -0.4 is 11.4 Å². The van der Waals surface area contributed by atoms with E-state index in [1.54, 1.807) is 6.07 Å². The molecular weight excluding hydrogens is 552 g/mol. The fourth-order valence-electron chi connectivity index (χ4n) is 6.81. The molecule has 44 heavy (non-hydrogen) atoms. The first-order valence-electron chi connectivity index (χ1n) is 15.8. The highest BCUT2D eigenvalue weighted by Crippen LogP contribution is 2.21. The maximum Gasteiger partial charge on any atom is 0.333 e. The van der Waals surface area contributed by atoms with Crippen LogP contribution in [0, 0.1) is 11.8 Å². The van der Waals surface area contributed by atoms with E-state index in [-0.39, 0.29) is 23.2 Å².